The van der Waals surface area contributed by atoms with Gasteiger partial charge in [0.25, 0.3) is 0 Å². The van der Waals surface area contributed by atoms with E-state index in [1.165, 1.54) is 6.07 Å². The molecule has 0 amide bonds. The van der Waals surface area contributed by atoms with Crippen molar-refractivity contribution in [3.63, 3.8) is 0 Å². The van der Waals surface area contributed by atoms with E-state index >= 15 is 0 Å². The second-order valence-corrected chi connectivity index (χ2v) is 4.20. The zero-order chi connectivity index (χ0) is 12.1. The molecule has 0 heterocycles. The topological polar surface area (TPSA) is 26.0 Å². The number of benzene rings is 1. The zero-order valence-electron chi connectivity index (χ0n) is 9.84. The van der Waals surface area contributed by atoms with E-state index in [9.17, 15) is 8.78 Å². The van der Waals surface area contributed by atoms with Crippen LogP contribution in [0.2, 0.25) is 0 Å². The SMILES string of the molecule is CCC(CC)CC(N)c1ccc(F)c(F)c1. The summed E-state index contributed by atoms with van der Waals surface area (Å²) in [5, 5.41) is 0. The Kier molecular flexibility index (Phi) is 4.87. The molecule has 1 rings (SSSR count). The molecule has 0 fully saturated rings. The molecule has 0 aliphatic rings. The van der Waals surface area contributed by atoms with Crippen molar-refractivity contribution in [2.45, 2.75) is 39.2 Å². The van der Waals surface area contributed by atoms with Crippen molar-refractivity contribution in [2.24, 2.45) is 11.7 Å². The van der Waals surface area contributed by atoms with Crippen LogP contribution in [0.25, 0.3) is 0 Å². The minimum absolute atomic E-state index is 0.208. The van der Waals surface area contributed by atoms with E-state index in [2.05, 4.69) is 13.8 Å². The molecule has 0 radical (unpaired) electrons. The molecular formula is C13H19F2N. The molecule has 0 saturated heterocycles. The molecule has 0 spiro atoms. The van der Waals surface area contributed by atoms with Crippen LogP contribution in [-0.2, 0) is 0 Å². The largest absolute Gasteiger partial charge is 0.324 e. The zero-order valence-corrected chi connectivity index (χ0v) is 9.84. The number of rotatable bonds is 5. The van der Waals surface area contributed by atoms with Crippen LogP contribution in [0.5, 0.6) is 0 Å². The quantitative estimate of drug-likeness (QED) is 0.813. The van der Waals surface area contributed by atoms with Gasteiger partial charge in [-0.05, 0) is 30.0 Å². The minimum atomic E-state index is -0.822. The van der Waals surface area contributed by atoms with Crippen LogP contribution in [0, 0.1) is 17.6 Å². The van der Waals surface area contributed by atoms with Gasteiger partial charge in [0.05, 0.1) is 0 Å². The van der Waals surface area contributed by atoms with Gasteiger partial charge in [-0.3, -0.25) is 0 Å². The Bertz CT molecular complexity index is 335. The third-order valence-electron chi connectivity index (χ3n) is 3.11. The third kappa shape index (κ3) is 3.27. The maximum absolute atomic E-state index is 13.0. The smallest absolute Gasteiger partial charge is 0.159 e. The van der Waals surface area contributed by atoms with Crippen molar-refractivity contribution in [3.8, 4) is 0 Å². The molecule has 90 valence electrons. The van der Waals surface area contributed by atoms with Gasteiger partial charge in [0, 0.05) is 6.04 Å². The van der Waals surface area contributed by atoms with Crippen molar-refractivity contribution >= 4 is 0 Å². The fourth-order valence-electron chi connectivity index (χ4n) is 1.86. The first-order chi connectivity index (χ1) is 7.58. The summed E-state index contributed by atoms with van der Waals surface area (Å²) in [6.07, 6.45) is 2.94. The molecule has 2 N–H and O–H groups in total. The van der Waals surface area contributed by atoms with Crippen molar-refractivity contribution < 1.29 is 8.78 Å². The predicted molar refractivity (Wildman–Crippen MR) is 62.0 cm³/mol. The lowest BCUT2D eigenvalue weighted by atomic mass is 9.91. The van der Waals surface area contributed by atoms with E-state index in [1.54, 1.807) is 6.07 Å². The van der Waals surface area contributed by atoms with Crippen molar-refractivity contribution in [1.82, 2.24) is 0 Å². The normalized spacial score (nSPS) is 13.1. The van der Waals surface area contributed by atoms with Gasteiger partial charge in [-0.1, -0.05) is 32.8 Å². The lowest BCUT2D eigenvalue weighted by Gasteiger charge is -2.18. The average molecular weight is 227 g/mol. The molecule has 1 aromatic rings. The molecular weight excluding hydrogens is 208 g/mol. The Hall–Kier alpha value is -0.960. The van der Waals surface area contributed by atoms with E-state index < -0.39 is 11.6 Å². The van der Waals surface area contributed by atoms with Crippen LogP contribution in [0.3, 0.4) is 0 Å². The first kappa shape index (κ1) is 13.1. The Morgan fingerprint density at radius 2 is 1.75 bits per heavy atom. The van der Waals surface area contributed by atoms with E-state index in [0.717, 1.165) is 25.3 Å². The molecule has 1 aromatic carbocycles. The molecule has 1 atom stereocenters. The predicted octanol–water partition coefficient (Wildman–Crippen LogP) is 3.79. The first-order valence-electron chi connectivity index (χ1n) is 5.79. The maximum Gasteiger partial charge on any atom is 0.159 e. The van der Waals surface area contributed by atoms with Crippen LogP contribution in [0.1, 0.15) is 44.7 Å². The Balaban J connectivity index is 2.72. The summed E-state index contributed by atoms with van der Waals surface area (Å²) in [7, 11) is 0. The second-order valence-electron chi connectivity index (χ2n) is 4.20. The van der Waals surface area contributed by atoms with Crippen LogP contribution >= 0.6 is 0 Å². The highest BCUT2D eigenvalue weighted by atomic mass is 19.2. The summed E-state index contributed by atoms with van der Waals surface area (Å²) in [5.74, 6) is -1.10. The lowest BCUT2D eigenvalue weighted by molar-refractivity contribution is 0.412. The number of halogens is 2. The number of hydrogen-bond acceptors (Lipinski definition) is 1. The average Bonchev–Trinajstić information content (AvgIpc) is 2.29. The number of nitrogens with two attached hydrogens (primary N) is 1. The van der Waals surface area contributed by atoms with Gasteiger partial charge in [-0.2, -0.15) is 0 Å². The summed E-state index contributed by atoms with van der Waals surface area (Å²) >= 11 is 0. The minimum Gasteiger partial charge on any atom is -0.324 e. The molecule has 0 bridgehead atoms. The van der Waals surface area contributed by atoms with E-state index in [1.807, 2.05) is 0 Å². The highest BCUT2D eigenvalue weighted by Gasteiger charge is 2.13. The van der Waals surface area contributed by atoms with Gasteiger partial charge in [-0.25, -0.2) is 8.78 Å². The molecule has 0 aliphatic carbocycles. The molecule has 1 unspecified atom stereocenters. The summed E-state index contributed by atoms with van der Waals surface area (Å²) in [6.45, 7) is 4.23. The highest BCUT2D eigenvalue weighted by Crippen LogP contribution is 2.24. The van der Waals surface area contributed by atoms with Crippen LogP contribution in [0.15, 0.2) is 18.2 Å². The van der Waals surface area contributed by atoms with E-state index in [4.69, 9.17) is 5.73 Å². The third-order valence-corrected chi connectivity index (χ3v) is 3.11. The molecule has 3 heteroatoms. The first-order valence-corrected chi connectivity index (χ1v) is 5.79. The Morgan fingerprint density at radius 1 is 1.12 bits per heavy atom. The van der Waals surface area contributed by atoms with Crippen molar-refractivity contribution in [2.75, 3.05) is 0 Å². The Morgan fingerprint density at radius 3 is 2.25 bits per heavy atom. The molecule has 0 saturated carbocycles. The fraction of sp³-hybridized carbons (Fsp3) is 0.538. The summed E-state index contributed by atoms with van der Waals surface area (Å²) in [5.41, 5.74) is 6.65. The summed E-state index contributed by atoms with van der Waals surface area (Å²) < 4.78 is 25.8. The molecule has 0 aliphatic heterocycles. The van der Waals surface area contributed by atoms with Crippen LogP contribution in [0.4, 0.5) is 8.78 Å². The van der Waals surface area contributed by atoms with E-state index in [-0.39, 0.29) is 6.04 Å². The van der Waals surface area contributed by atoms with Gasteiger partial charge in [0.2, 0.25) is 0 Å². The van der Waals surface area contributed by atoms with Gasteiger partial charge in [0.1, 0.15) is 0 Å². The standard InChI is InChI=1S/C13H19F2N/c1-3-9(4-2)7-13(16)10-5-6-11(14)12(15)8-10/h5-6,8-9,13H,3-4,7,16H2,1-2H3. The van der Waals surface area contributed by atoms with Gasteiger partial charge in [0.15, 0.2) is 11.6 Å². The van der Waals surface area contributed by atoms with Crippen LogP contribution < -0.4 is 5.73 Å². The maximum atomic E-state index is 13.0. The summed E-state index contributed by atoms with van der Waals surface area (Å²) in [4.78, 5) is 0. The van der Waals surface area contributed by atoms with Gasteiger partial charge in [-0.15, -0.1) is 0 Å². The highest BCUT2D eigenvalue weighted by molar-refractivity contribution is 5.20. The fourth-order valence-corrected chi connectivity index (χ4v) is 1.86. The van der Waals surface area contributed by atoms with Crippen molar-refractivity contribution in [3.05, 3.63) is 35.4 Å². The molecule has 0 aromatic heterocycles. The second kappa shape index (κ2) is 5.94. The molecule has 1 nitrogen and oxygen atoms in total. The molecule has 16 heavy (non-hydrogen) atoms. The van der Waals surface area contributed by atoms with Crippen molar-refractivity contribution in [1.29, 1.82) is 0 Å². The van der Waals surface area contributed by atoms with E-state index in [0.29, 0.717) is 11.5 Å². The van der Waals surface area contributed by atoms with Crippen LogP contribution in [-0.4, -0.2) is 0 Å². The van der Waals surface area contributed by atoms with Gasteiger partial charge < -0.3 is 5.73 Å². The lowest BCUT2D eigenvalue weighted by Crippen LogP contribution is -2.15. The Labute approximate surface area is 95.7 Å². The monoisotopic (exact) mass is 227 g/mol. The van der Waals surface area contributed by atoms with Gasteiger partial charge >= 0.3 is 0 Å². The number of hydrogen-bond donors (Lipinski definition) is 1. The summed E-state index contributed by atoms with van der Waals surface area (Å²) in [6, 6.07) is 3.69.